The average molecular weight is 276 g/mol. The van der Waals surface area contributed by atoms with Crippen molar-refractivity contribution in [3.05, 3.63) is 51.7 Å². The highest BCUT2D eigenvalue weighted by Crippen LogP contribution is 2.21. The van der Waals surface area contributed by atoms with Crippen molar-refractivity contribution in [3.8, 4) is 5.75 Å². The third-order valence-electron chi connectivity index (χ3n) is 2.98. The molecule has 0 saturated carbocycles. The second-order valence-corrected chi connectivity index (χ2v) is 5.81. The van der Waals surface area contributed by atoms with Crippen molar-refractivity contribution in [1.29, 1.82) is 0 Å². The fraction of sp³-hybridized carbons (Fsp3) is 0.333. The van der Waals surface area contributed by atoms with E-state index in [1.54, 1.807) is 18.4 Å². The summed E-state index contributed by atoms with van der Waals surface area (Å²) in [7, 11) is 3.83. The van der Waals surface area contributed by atoms with Gasteiger partial charge in [0.25, 0.3) is 0 Å². The Kier molecular flexibility index (Phi) is 4.96. The zero-order chi connectivity index (χ0) is 13.7. The Hall–Kier alpha value is -1.36. The minimum absolute atomic E-state index is 0.626. The van der Waals surface area contributed by atoms with E-state index in [0.29, 0.717) is 6.54 Å². The van der Waals surface area contributed by atoms with Crippen molar-refractivity contribution in [1.82, 2.24) is 4.90 Å². The Bertz CT molecular complexity index is 524. The minimum Gasteiger partial charge on any atom is -0.496 e. The molecule has 19 heavy (non-hydrogen) atoms. The van der Waals surface area contributed by atoms with Gasteiger partial charge in [-0.3, -0.25) is 4.90 Å². The lowest BCUT2D eigenvalue weighted by Crippen LogP contribution is -2.17. The zero-order valence-corrected chi connectivity index (χ0v) is 12.2. The van der Waals surface area contributed by atoms with E-state index in [4.69, 9.17) is 10.5 Å². The molecule has 0 saturated heterocycles. The van der Waals surface area contributed by atoms with Gasteiger partial charge < -0.3 is 10.5 Å². The van der Waals surface area contributed by atoms with Gasteiger partial charge in [-0.25, -0.2) is 0 Å². The van der Waals surface area contributed by atoms with Crippen LogP contribution in [0.25, 0.3) is 0 Å². The highest BCUT2D eigenvalue weighted by atomic mass is 32.1. The fourth-order valence-corrected chi connectivity index (χ4v) is 3.04. The van der Waals surface area contributed by atoms with Crippen molar-refractivity contribution in [3.63, 3.8) is 0 Å². The van der Waals surface area contributed by atoms with Crippen LogP contribution in [0.1, 0.15) is 15.3 Å². The van der Waals surface area contributed by atoms with Crippen LogP contribution in [0.3, 0.4) is 0 Å². The summed E-state index contributed by atoms with van der Waals surface area (Å²) in [5.41, 5.74) is 6.85. The quantitative estimate of drug-likeness (QED) is 0.881. The van der Waals surface area contributed by atoms with E-state index >= 15 is 0 Å². The SMILES string of the molecule is COc1ccccc1CN(C)Cc1ccc(CN)s1. The van der Waals surface area contributed by atoms with E-state index in [0.717, 1.165) is 18.8 Å². The van der Waals surface area contributed by atoms with Crippen LogP contribution in [0.4, 0.5) is 0 Å². The van der Waals surface area contributed by atoms with Gasteiger partial charge in [0.15, 0.2) is 0 Å². The average Bonchev–Trinajstić information content (AvgIpc) is 2.87. The van der Waals surface area contributed by atoms with Gasteiger partial charge in [-0.05, 0) is 25.2 Å². The molecule has 0 spiro atoms. The van der Waals surface area contributed by atoms with Crippen LogP contribution in [-0.4, -0.2) is 19.1 Å². The number of thiophene rings is 1. The molecule has 0 atom stereocenters. The highest BCUT2D eigenvalue weighted by molar-refractivity contribution is 7.11. The van der Waals surface area contributed by atoms with Crippen LogP contribution >= 0.6 is 11.3 Å². The Morgan fingerprint density at radius 2 is 1.84 bits per heavy atom. The van der Waals surface area contributed by atoms with E-state index in [1.165, 1.54) is 15.3 Å². The maximum Gasteiger partial charge on any atom is 0.123 e. The lowest BCUT2D eigenvalue weighted by Gasteiger charge is -2.17. The van der Waals surface area contributed by atoms with Gasteiger partial charge in [-0.15, -0.1) is 11.3 Å². The molecule has 2 aromatic rings. The van der Waals surface area contributed by atoms with Gasteiger partial charge in [0.1, 0.15) is 5.75 Å². The second kappa shape index (κ2) is 6.70. The topological polar surface area (TPSA) is 38.5 Å². The summed E-state index contributed by atoms with van der Waals surface area (Å²) in [6, 6.07) is 12.4. The second-order valence-electron chi connectivity index (χ2n) is 4.56. The smallest absolute Gasteiger partial charge is 0.123 e. The summed E-state index contributed by atoms with van der Waals surface area (Å²) in [4.78, 5) is 4.86. The molecule has 3 nitrogen and oxygen atoms in total. The predicted molar refractivity (Wildman–Crippen MR) is 80.4 cm³/mol. The number of hydrogen-bond acceptors (Lipinski definition) is 4. The number of nitrogens with two attached hydrogens (primary N) is 1. The molecule has 2 rings (SSSR count). The van der Waals surface area contributed by atoms with Crippen LogP contribution in [0.5, 0.6) is 5.75 Å². The number of nitrogens with zero attached hydrogens (tertiary/aromatic N) is 1. The molecule has 2 N–H and O–H groups in total. The van der Waals surface area contributed by atoms with Gasteiger partial charge >= 0.3 is 0 Å². The van der Waals surface area contributed by atoms with Crippen LogP contribution in [0, 0.1) is 0 Å². The third kappa shape index (κ3) is 3.80. The Balaban J connectivity index is 1.98. The molecule has 0 amide bonds. The monoisotopic (exact) mass is 276 g/mol. The van der Waals surface area contributed by atoms with E-state index < -0.39 is 0 Å². The fourth-order valence-electron chi connectivity index (χ4n) is 2.06. The molecule has 0 fully saturated rings. The molecule has 0 aliphatic carbocycles. The van der Waals surface area contributed by atoms with Crippen LogP contribution in [0.15, 0.2) is 36.4 Å². The lowest BCUT2D eigenvalue weighted by atomic mass is 10.2. The number of hydrogen-bond donors (Lipinski definition) is 1. The third-order valence-corrected chi connectivity index (χ3v) is 4.07. The summed E-state index contributed by atoms with van der Waals surface area (Å²) in [6.45, 7) is 2.43. The molecule has 4 heteroatoms. The molecule has 0 bridgehead atoms. The van der Waals surface area contributed by atoms with Gasteiger partial charge in [0.05, 0.1) is 7.11 Å². The number of para-hydroxylation sites is 1. The first-order valence-electron chi connectivity index (χ1n) is 6.31. The largest absolute Gasteiger partial charge is 0.496 e. The number of rotatable bonds is 6. The lowest BCUT2D eigenvalue weighted by molar-refractivity contribution is 0.312. The number of methoxy groups -OCH3 is 1. The van der Waals surface area contributed by atoms with E-state index in [9.17, 15) is 0 Å². The molecule has 0 aliphatic rings. The van der Waals surface area contributed by atoms with Crippen LogP contribution < -0.4 is 10.5 Å². The summed E-state index contributed by atoms with van der Waals surface area (Å²) >= 11 is 1.78. The van der Waals surface area contributed by atoms with Crippen LogP contribution in [0.2, 0.25) is 0 Å². The Morgan fingerprint density at radius 1 is 1.11 bits per heavy atom. The molecule has 0 unspecified atom stereocenters. The molecule has 1 aromatic heterocycles. The normalized spacial score (nSPS) is 10.9. The zero-order valence-electron chi connectivity index (χ0n) is 11.4. The van der Waals surface area contributed by atoms with Gasteiger partial charge in [0.2, 0.25) is 0 Å². The van der Waals surface area contributed by atoms with Crippen molar-refractivity contribution in [2.24, 2.45) is 5.73 Å². The first-order valence-corrected chi connectivity index (χ1v) is 7.12. The maximum atomic E-state index is 5.64. The summed E-state index contributed by atoms with van der Waals surface area (Å²) < 4.78 is 5.38. The van der Waals surface area contributed by atoms with Crippen molar-refractivity contribution < 1.29 is 4.74 Å². The molecular weight excluding hydrogens is 256 g/mol. The molecule has 1 heterocycles. The van der Waals surface area contributed by atoms with Crippen molar-refractivity contribution in [2.75, 3.05) is 14.2 Å². The maximum absolute atomic E-state index is 5.64. The number of benzene rings is 1. The van der Waals surface area contributed by atoms with Crippen molar-refractivity contribution in [2.45, 2.75) is 19.6 Å². The van der Waals surface area contributed by atoms with E-state index in [2.05, 4.69) is 30.1 Å². The molecule has 102 valence electrons. The van der Waals surface area contributed by atoms with E-state index in [-0.39, 0.29) is 0 Å². The van der Waals surface area contributed by atoms with Crippen molar-refractivity contribution >= 4 is 11.3 Å². The van der Waals surface area contributed by atoms with E-state index in [1.807, 2.05) is 18.2 Å². The van der Waals surface area contributed by atoms with Crippen LogP contribution in [-0.2, 0) is 19.6 Å². The molecule has 0 radical (unpaired) electrons. The summed E-state index contributed by atoms with van der Waals surface area (Å²) in [5.74, 6) is 0.947. The Morgan fingerprint density at radius 3 is 2.53 bits per heavy atom. The summed E-state index contributed by atoms with van der Waals surface area (Å²) in [5, 5.41) is 0. The molecule has 0 aliphatic heterocycles. The first-order chi connectivity index (χ1) is 9.22. The highest BCUT2D eigenvalue weighted by Gasteiger charge is 2.07. The standard InChI is InChI=1S/C15H20N2OS/c1-17(11-14-8-7-13(9-16)19-14)10-12-5-3-4-6-15(12)18-2/h3-8H,9-11,16H2,1-2H3. The molecular formula is C15H20N2OS. The predicted octanol–water partition coefficient (Wildman–Crippen LogP) is 2.85. The Labute approximate surface area is 118 Å². The van der Waals surface area contributed by atoms with Gasteiger partial charge in [-0.2, -0.15) is 0 Å². The molecule has 1 aromatic carbocycles. The number of ether oxygens (including phenoxy) is 1. The minimum atomic E-state index is 0.626. The first kappa shape index (κ1) is 14.1. The summed E-state index contributed by atoms with van der Waals surface area (Å²) in [6.07, 6.45) is 0. The van der Waals surface area contributed by atoms with Gasteiger partial charge in [-0.1, -0.05) is 18.2 Å². The van der Waals surface area contributed by atoms with Gasteiger partial charge in [0, 0.05) is 35.0 Å².